The largest absolute Gasteiger partial charge is 0.494 e. The minimum absolute atomic E-state index is 0.106. The van der Waals surface area contributed by atoms with E-state index in [-0.39, 0.29) is 12.0 Å². The van der Waals surface area contributed by atoms with Crippen molar-refractivity contribution in [1.82, 2.24) is 0 Å². The highest BCUT2D eigenvalue weighted by Crippen LogP contribution is 2.52. The van der Waals surface area contributed by atoms with Crippen LogP contribution in [0.3, 0.4) is 0 Å². The molecule has 0 bridgehead atoms. The van der Waals surface area contributed by atoms with E-state index >= 15 is 0 Å². The summed E-state index contributed by atoms with van der Waals surface area (Å²) < 4.78 is 20.2. The zero-order chi connectivity index (χ0) is 19.8. The van der Waals surface area contributed by atoms with Crippen LogP contribution in [0.15, 0.2) is 41.3 Å². The number of ether oxygens (including phenoxy) is 3. The van der Waals surface area contributed by atoms with Crippen molar-refractivity contribution in [3.05, 3.63) is 42.0 Å². The van der Waals surface area contributed by atoms with Gasteiger partial charge in [0, 0.05) is 11.8 Å². The van der Waals surface area contributed by atoms with E-state index in [0.29, 0.717) is 19.0 Å². The highest BCUT2D eigenvalue weighted by Gasteiger charge is 2.49. The lowest BCUT2D eigenvalue weighted by atomic mass is 9.80. The third kappa shape index (κ3) is 3.22. The van der Waals surface area contributed by atoms with Crippen LogP contribution in [0, 0.1) is 0 Å². The number of carbonyl (C=O) groups is 1. The molecule has 29 heavy (non-hydrogen) atoms. The molecule has 7 heteroatoms. The van der Waals surface area contributed by atoms with Crippen molar-refractivity contribution in [2.45, 2.75) is 42.1 Å². The van der Waals surface area contributed by atoms with E-state index in [1.807, 2.05) is 30.3 Å². The molecule has 0 radical (unpaired) electrons. The van der Waals surface area contributed by atoms with E-state index in [1.165, 1.54) is 11.9 Å². The minimum atomic E-state index is -0.407. The standard InChI is InChI=1S/C22H24N2O4S/c1-26-18-11-14(10-16-20(18)23-21(25)22(16)8-4-5-9-22)24-29-19-7-3-2-6-17(19)28-15-12-27-13-15/h2-3,6-7,10-11,15,24H,4-5,8-9,12-13H2,1H3,(H,23,25). The smallest absolute Gasteiger partial charge is 0.235 e. The van der Waals surface area contributed by atoms with Crippen LogP contribution in [0.25, 0.3) is 0 Å². The molecule has 2 aliphatic heterocycles. The molecule has 2 N–H and O–H groups in total. The molecule has 1 saturated carbocycles. The number of rotatable bonds is 6. The van der Waals surface area contributed by atoms with Crippen molar-refractivity contribution in [2.75, 3.05) is 30.4 Å². The molecule has 1 saturated heterocycles. The van der Waals surface area contributed by atoms with Gasteiger partial charge in [0.25, 0.3) is 0 Å². The molecule has 5 rings (SSSR count). The lowest BCUT2D eigenvalue weighted by Crippen LogP contribution is -2.38. The highest BCUT2D eigenvalue weighted by atomic mass is 32.2. The fourth-order valence-corrected chi connectivity index (χ4v) is 5.09. The van der Waals surface area contributed by atoms with Gasteiger partial charge in [-0.25, -0.2) is 0 Å². The topological polar surface area (TPSA) is 68.8 Å². The van der Waals surface area contributed by atoms with Crippen LogP contribution in [-0.2, 0) is 14.9 Å². The molecule has 1 spiro atoms. The number of methoxy groups -OCH3 is 1. The number of carbonyl (C=O) groups excluding carboxylic acids is 1. The Morgan fingerprint density at radius 1 is 1.17 bits per heavy atom. The van der Waals surface area contributed by atoms with Crippen molar-refractivity contribution in [3.8, 4) is 11.5 Å². The first-order chi connectivity index (χ1) is 14.2. The van der Waals surface area contributed by atoms with Gasteiger partial charge in [-0.15, -0.1) is 0 Å². The van der Waals surface area contributed by atoms with Crippen LogP contribution >= 0.6 is 11.9 Å². The number of hydrogen-bond acceptors (Lipinski definition) is 6. The van der Waals surface area contributed by atoms with Crippen molar-refractivity contribution in [3.63, 3.8) is 0 Å². The Bertz CT molecular complexity index is 938. The summed E-state index contributed by atoms with van der Waals surface area (Å²) in [7, 11) is 1.64. The summed E-state index contributed by atoms with van der Waals surface area (Å²) >= 11 is 1.50. The van der Waals surface area contributed by atoms with E-state index in [0.717, 1.165) is 53.3 Å². The zero-order valence-electron chi connectivity index (χ0n) is 16.3. The Hall–Kier alpha value is -2.38. The second-order valence-electron chi connectivity index (χ2n) is 7.77. The average molecular weight is 413 g/mol. The van der Waals surface area contributed by atoms with Crippen LogP contribution in [0.5, 0.6) is 11.5 Å². The maximum atomic E-state index is 12.8. The number of para-hydroxylation sites is 1. The third-order valence-electron chi connectivity index (χ3n) is 6.00. The van der Waals surface area contributed by atoms with Gasteiger partial charge in [-0.2, -0.15) is 0 Å². The van der Waals surface area contributed by atoms with Crippen LogP contribution < -0.4 is 19.5 Å². The molecule has 2 aromatic carbocycles. The van der Waals surface area contributed by atoms with Crippen molar-refractivity contribution >= 4 is 29.2 Å². The van der Waals surface area contributed by atoms with Gasteiger partial charge >= 0.3 is 0 Å². The van der Waals surface area contributed by atoms with Crippen LogP contribution in [0.2, 0.25) is 0 Å². The summed E-state index contributed by atoms with van der Waals surface area (Å²) in [6, 6.07) is 12.0. The highest BCUT2D eigenvalue weighted by molar-refractivity contribution is 8.00. The van der Waals surface area contributed by atoms with Crippen molar-refractivity contribution in [1.29, 1.82) is 0 Å². The van der Waals surface area contributed by atoms with Gasteiger partial charge in [0.15, 0.2) is 0 Å². The predicted molar refractivity (Wildman–Crippen MR) is 113 cm³/mol. The summed E-state index contributed by atoms with van der Waals surface area (Å²) in [4.78, 5) is 13.8. The Balaban J connectivity index is 1.41. The van der Waals surface area contributed by atoms with Gasteiger partial charge in [-0.1, -0.05) is 25.0 Å². The molecular formula is C22H24N2O4S. The van der Waals surface area contributed by atoms with E-state index in [2.05, 4.69) is 16.1 Å². The van der Waals surface area contributed by atoms with Gasteiger partial charge in [-0.3, -0.25) is 4.79 Å². The lowest BCUT2D eigenvalue weighted by molar-refractivity contribution is -0.120. The molecule has 2 aromatic rings. The Morgan fingerprint density at radius 2 is 1.97 bits per heavy atom. The summed E-state index contributed by atoms with van der Waals surface area (Å²) in [6.07, 6.45) is 4.07. The molecule has 6 nitrogen and oxygen atoms in total. The van der Waals surface area contributed by atoms with E-state index < -0.39 is 5.41 Å². The van der Waals surface area contributed by atoms with E-state index in [1.54, 1.807) is 7.11 Å². The Kier molecular flexibility index (Phi) is 4.80. The van der Waals surface area contributed by atoms with Gasteiger partial charge in [0.2, 0.25) is 5.91 Å². The van der Waals surface area contributed by atoms with Gasteiger partial charge in [0.1, 0.15) is 17.6 Å². The summed E-state index contributed by atoms with van der Waals surface area (Å²) in [5.74, 6) is 1.64. The minimum Gasteiger partial charge on any atom is -0.494 e. The van der Waals surface area contributed by atoms with Gasteiger partial charge < -0.3 is 24.2 Å². The molecule has 0 atom stereocenters. The lowest BCUT2D eigenvalue weighted by Gasteiger charge is -2.27. The van der Waals surface area contributed by atoms with Crippen LogP contribution in [0.1, 0.15) is 31.2 Å². The summed E-state index contributed by atoms with van der Waals surface area (Å²) in [5.41, 5.74) is 2.38. The van der Waals surface area contributed by atoms with Crippen LogP contribution in [-0.4, -0.2) is 32.3 Å². The van der Waals surface area contributed by atoms with Gasteiger partial charge in [0.05, 0.1) is 36.3 Å². The normalized spacial score (nSPS) is 19.6. The maximum Gasteiger partial charge on any atom is 0.235 e. The average Bonchev–Trinajstić information content (AvgIpc) is 3.30. The zero-order valence-corrected chi connectivity index (χ0v) is 17.1. The second kappa shape index (κ2) is 7.46. The summed E-state index contributed by atoms with van der Waals surface area (Å²) in [6.45, 7) is 1.27. The van der Waals surface area contributed by atoms with Crippen LogP contribution in [0.4, 0.5) is 11.4 Å². The van der Waals surface area contributed by atoms with Crippen molar-refractivity contribution < 1.29 is 19.0 Å². The number of nitrogens with one attached hydrogen (secondary N) is 2. The number of fused-ring (bicyclic) bond motifs is 2. The van der Waals surface area contributed by atoms with Crippen molar-refractivity contribution in [2.24, 2.45) is 0 Å². The quantitative estimate of drug-likeness (QED) is 0.688. The molecule has 1 amide bonds. The monoisotopic (exact) mass is 412 g/mol. The first kappa shape index (κ1) is 18.6. The first-order valence-electron chi connectivity index (χ1n) is 10.00. The first-order valence-corrected chi connectivity index (χ1v) is 10.8. The number of benzene rings is 2. The molecule has 2 heterocycles. The molecule has 1 aliphatic carbocycles. The number of amides is 1. The van der Waals surface area contributed by atoms with E-state index in [4.69, 9.17) is 14.2 Å². The number of anilines is 2. The SMILES string of the molecule is COc1cc(NSc2ccccc2OC2COC2)cc2c1NC(=O)C21CCCC1. The van der Waals surface area contributed by atoms with Gasteiger partial charge in [-0.05, 0) is 48.6 Å². The predicted octanol–water partition coefficient (Wildman–Crippen LogP) is 4.36. The van der Waals surface area contributed by atoms with E-state index in [9.17, 15) is 4.79 Å². The Morgan fingerprint density at radius 3 is 2.69 bits per heavy atom. The molecule has 0 unspecified atom stereocenters. The molecule has 152 valence electrons. The summed E-state index contributed by atoms with van der Waals surface area (Å²) in [5, 5.41) is 3.06. The molecule has 0 aromatic heterocycles. The molecule has 3 aliphatic rings. The number of hydrogen-bond donors (Lipinski definition) is 2. The molecular weight excluding hydrogens is 388 g/mol. The fraction of sp³-hybridized carbons (Fsp3) is 0.409. The Labute approximate surface area is 174 Å². The third-order valence-corrected chi connectivity index (χ3v) is 6.89. The second-order valence-corrected chi connectivity index (χ2v) is 8.62. The fourth-order valence-electron chi connectivity index (χ4n) is 4.38. The maximum absolute atomic E-state index is 12.8. The molecule has 2 fully saturated rings.